The van der Waals surface area contributed by atoms with E-state index in [1.807, 2.05) is 35.9 Å². The highest BCUT2D eigenvalue weighted by Crippen LogP contribution is 2.30. The van der Waals surface area contributed by atoms with Gasteiger partial charge < -0.3 is 5.11 Å². The summed E-state index contributed by atoms with van der Waals surface area (Å²) in [6.07, 6.45) is -0.439. The molecule has 2 aromatic rings. The average Bonchev–Trinajstić information content (AvgIpc) is 2.72. The molecule has 68 valence electrons. The summed E-state index contributed by atoms with van der Waals surface area (Å²) in [6, 6.07) is 5.92. The highest BCUT2D eigenvalue weighted by atomic mass is 32.1. The number of thiophene rings is 2. The van der Waals surface area contributed by atoms with Gasteiger partial charge in [-0.3, -0.25) is 0 Å². The van der Waals surface area contributed by atoms with Gasteiger partial charge in [0.1, 0.15) is 6.10 Å². The predicted octanol–water partition coefficient (Wildman–Crippen LogP) is 3.20. The molecule has 0 aromatic carbocycles. The molecule has 13 heavy (non-hydrogen) atoms. The molecule has 0 radical (unpaired) electrons. The van der Waals surface area contributed by atoms with Crippen LogP contribution >= 0.6 is 22.7 Å². The van der Waals surface area contributed by atoms with E-state index in [-0.39, 0.29) is 0 Å². The van der Waals surface area contributed by atoms with E-state index in [1.54, 1.807) is 22.7 Å². The summed E-state index contributed by atoms with van der Waals surface area (Å²) in [4.78, 5) is 2.21. The van der Waals surface area contributed by atoms with Gasteiger partial charge in [0.05, 0.1) is 0 Å². The maximum Gasteiger partial charge on any atom is 0.114 e. The number of aliphatic hydroxyl groups is 1. The summed E-state index contributed by atoms with van der Waals surface area (Å²) < 4.78 is 0. The Morgan fingerprint density at radius 2 is 2.08 bits per heavy atom. The second-order valence-electron chi connectivity index (χ2n) is 2.85. The first-order valence-electron chi connectivity index (χ1n) is 4.04. The van der Waals surface area contributed by atoms with Gasteiger partial charge in [-0.15, -0.1) is 22.7 Å². The summed E-state index contributed by atoms with van der Waals surface area (Å²) in [7, 11) is 0. The van der Waals surface area contributed by atoms with Crippen molar-refractivity contribution in [3.05, 3.63) is 44.3 Å². The molecule has 0 amide bonds. The van der Waals surface area contributed by atoms with Crippen molar-refractivity contribution in [1.82, 2.24) is 0 Å². The van der Waals surface area contributed by atoms with Gasteiger partial charge in [0.25, 0.3) is 0 Å². The molecule has 1 N–H and O–H groups in total. The summed E-state index contributed by atoms with van der Waals surface area (Å²) in [5.74, 6) is 0. The maximum atomic E-state index is 9.97. The number of aliphatic hydroxyl groups excluding tert-OH is 1. The molecule has 0 aliphatic heterocycles. The van der Waals surface area contributed by atoms with E-state index < -0.39 is 6.10 Å². The minimum atomic E-state index is -0.439. The fourth-order valence-corrected chi connectivity index (χ4v) is 2.74. The largest absolute Gasteiger partial charge is 0.383 e. The molecule has 2 rings (SSSR count). The van der Waals surface area contributed by atoms with Crippen molar-refractivity contribution in [2.45, 2.75) is 13.0 Å². The average molecular weight is 210 g/mol. The Hall–Kier alpha value is -0.640. The zero-order valence-corrected chi connectivity index (χ0v) is 8.86. The van der Waals surface area contributed by atoms with E-state index in [0.29, 0.717) is 0 Å². The Morgan fingerprint density at radius 3 is 2.62 bits per heavy atom. The molecule has 0 fully saturated rings. The fraction of sp³-hybridized carbons (Fsp3) is 0.200. The molecule has 0 aliphatic rings. The van der Waals surface area contributed by atoms with Crippen LogP contribution in [0.1, 0.15) is 21.4 Å². The standard InChI is InChI=1S/C10H10OS2/c1-7-8(4-6-12-7)10(11)9-3-2-5-13-9/h2-6,10-11H,1H3. The number of aryl methyl sites for hydroxylation is 1. The summed E-state index contributed by atoms with van der Waals surface area (Å²) in [5.41, 5.74) is 1.03. The van der Waals surface area contributed by atoms with Gasteiger partial charge in [-0.1, -0.05) is 6.07 Å². The zero-order chi connectivity index (χ0) is 9.26. The Morgan fingerprint density at radius 1 is 1.23 bits per heavy atom. The molecule has 2 heterocycles. The number of hydrogen-bond acceptors (Lipinski definition) is 3. The van der Waals surface area contributed by atoms with Crippen LogP contribution in [0.15, 0.2) is 29.0 Å². The fourth-order valence-electron chi connectivity index (χ4n) is 1.28. The number of rotatable bonds is 2. The van der Waals surface area contributed by atoms with Crippen LogP contribution < -0.4 is 0 Å². The van der Waals surface area contributed by atoms with Gasteiger partial charge >= 0.3 is 0 Å². The lowest BCUT2D eigenvalue weighted by Crippen LogP contribution is -1.96. The molecule has 0 aliphatic carbocycles. The third-order valence-corrected chi connectivity index (χ3v) is 3.79. The monoisotopic (exact) mass is 210 g/mol. The van der Waals surface area contributed by atoms with Crippen LogP contribution in [0, 0.1) is 6.92 Å². The molecule has 3 heteroatoms. The van der Waals surface area contributed by atoms with Gasteiger partial charge in [0.2, 0.25) is 0 Å². The highest BCUT2D eigenvalue weighted by Gasteiger charge is 2.13. The Labute approximate surface area is 85.3 Å². The van der Waals surface area contributed by atoms with Crippen LogP contribution in [0.4, 0.5) is 0 Å². The van der Waals surface area contributed by atoms with Crippen molar-refractivity contribution >= 4 is 22.7 Å². The molecule has 0 spiro atoms. The first-order valence-corrected chi connectivity index (χ1v) is 5.80. The smallest absolute Gasteiger partial charge is 0.114 e. The lowest BCUT2D eigenvalue weighted by molar-refractivity contribution is 0.224. The molecule has 0 saturated carbocycles. The molecule has 1 atom stereocenters. The van der Waals surface area contributed by atoms with Gasteiger partial charge in [0, 0.05) is 9.75 Å². The number of hydrogen-bond donors (Lipinski definition) is 1. The van der Waals surface area contributed by atoms with E-state index in [1.165, 1.54) is 4.88 Å². The van der Waals surface area contributed by atoms with E-state index >= 15 is 0 Å². The molecule has 0 bridgehead atoms. The zero-order valence-electron chi connectivity index (χ0n) is 7.23. The van der Waals surface area contributed by atoms with Crippen LogP contribution in [-0.4, -0.2) is 5.11 Å². The minimum absolute atomic E-state index is 0.439. The second kappa shape index (κ2) is 3.62. The van der Waals surface area contributed by atoms with Crippen LogP contribution in [0.25, 0.3) is 0 Å². The van der Waals surface area contributed by atoms with Gasteiger partial charge in [-0.2, -0.15) is 0 Å². The van der Waals surface area contributed by atoms with Crippen molar-refractivity contribution < 1.29 is 5.11 Å². The van der Waals surface area contributed by atoms with Crippen LogP contribution in [0.2, 0.25) is 0 Å². The van der Waals surface area contributed by atoms with E-state index in [4.69, 9.17) is 0 Å². The van der Waals surface area contributed by atoms with Crippen molar-refractivity contribution in [3.8, 4) is 0 Å². The minimum Gasteiger partial charge on any atom is -0.383 e. The summed E-state index contributed by atoms with van der Waals surface area (Å²) >= 11 is 3.27. The normalized spacial score (nSPS) is 13.1. The topological polar surface area (TPSA) is 20.2 Å². The molecular weight excluding hydrogens is 200 g/mol. The van der Waals surface area contributed by atoms with Gasteiger partial charge in [0.15, 0.2) is 0 Å². The van der Waals surface area contributed by atoms with Crippen LogP contribution in [0.3, 0.4) is 0 Å². The maximum absolute atomic E-state index is 9.97. The Balaban J connectivity index is 2.33. The van der Waals surface area contributed by atoms with E-state index in [2.05, 4.69) is 0 Å². The quantitative estimate of drug-likeness (QED) is 0.807. The van der Waals surface area contributed by atoms with Crippen LogP contribution in [0.5, 0.6) is 0 Å². The van der Waals surface area contributed by atoms with E-state index in [9.17, 15) is 5.11 Å². The SMILES string of the molecule is Cc1sccc1C(O)c1cccs1. The van der Waals surface area contributed by atoms with Crippen molar-refractivity contribution in [2.24, 2.45) is 0 Å². The second-order valence-corrected chi connectivity index (χ2v) is 4.95. The highest BCUT2D eigenvalue weighted by molar-refractivity contribution is 7.10. The van der Waals surface area contributed by atoms with Crippen molar-refractivity contribution in [1.29, 1.82) is 0 Å². The van der Waals surface area contributed by atoms with Gasteiger partial charge in [-0.05, 0) is 35.4 Å². The summed E-state index contributed by atoms with van der Waals surface area (Å²) in [5, 5.41) is 14.0. The first kappa shape index (κ1) is 8.94. The van der Waals surface area contributed by atoms with Gasteiger partial charge in [-0.25, -0.2) is 0 Å². The molecule has 0 saturated heterocycles. The molecule has 2 aromatic heterocycles. The third-order valence-electron chi connectivity index (χ3n) is 2.01. The molecular formula is C10H10OS2. The van der Waals surface area contributed by atoms with Crippen molar-refractivity contribution in [3.63, 3.8) is 0 Å². The Kier molecular flexibility index (Phi) is 2.49. The summed E-state index contributed by atoms with van der Waals surface area (Å²) in [6.45, 7) is 2.04. The molecule has 1 unspecified atom stereocenters. The van der Waals surface area contributed by atoms with Crippen LogP contribution in [-0.2, 0) is 0 Å². The van der Waals surface area contributed by atoms with Crippen molar-refractivity contribution in [2.75, 3.05) is 0 Å². The Bertz CT molecular complexity index is 375. The first-order chi connectivity index (χ1) is 6.29. The van der Waals surface area contributed by atoms with E-state index in [0.717, 1.165) is 10.4 Å². The lowest BCUT2D eigenvalue weighted by atomic mass is 10.1. The molecule has 1 nitrogen and oxygen atoms in total. The lowest BCUT2D eigenvalue weighted by Gasteiger charge is -2.07. The third kappa shape index (κ3) is 1.68. The predicted molar refractivity (Wildman–Crippen MR) is 57.4 cm³/mol.